The summed E-state index contributed by atoms with van der Waals surface area (Å²) >= 11 is 5.91. The number of hydrogen-bond acceptors (Lipinski definition) is 4. The molecule has 3 aromatic rings. The fourth-order valence-electron chi connectivity index (χ4n) is 3.58. The van der Waals surface area contributed by atoms with Gasteiger partial charge in [-0.1, -0.05) is 35.9 Å². The number of nitrogens with zero attached hydrogens (tertiary/aromatic N) is 3. The monoisotopic (exact) mass is 396 g/mol. The van der Waals surface area contributed by atoms with Gasteiger partial charge in [-0.3, -0.25) is 9.36 Å². The minimum atomic E-state index is -0.310. The summed E-state index contributed by atoms with van der Waals surface area (Å²) in [5.41, 5.74) is 1.97. The molecular formula is C21H21ClN4O2. The Morgan fingerprint density at radius 2 is 2.00 bits per heavy atom. The highest BCUT2D eigenvalue weighted by atomic mass is 35.5. The van der Waals surface area contributed by atoms with Gasteiger partial charge in [-0.05, 0) is 42.7 Å². The average molecular weight is 397 g/mol. The van der Waals surface area contributed by atoms with Gasteiger partial charge in [-0.2, -0.15) is 0 Å². The van der Waals surface area contributed by atoms with Gasteiger partial charge < -0.3 is 10.1 Å². The van der Waals surface area contributed by atoms with Gasteiger partial charge in [0.15, 0.2) is 5.82 Å². The fraction of sp³-hybridized carbons (Fsp3) is 0.286. The molecule has 0 fully saturated rings. The molecule has 4 rings (SSSR count). The van der Waals surface area contributed by atoms with Crippen LogP contribution in [0.15, 0.2) is 48.5 Å². The minimum absolute atomic E-state index is 0.0105. The van der Waals surface area contributed by atoms with Crippen LogP contribution in [0.2, 0.25) is 5.02 Å². The number of benzene rings is 2. The van der Waals surface area contributed by atoms with Crippen LogP contribution >= 0.6 is 11.6 Å². The summed E-state index contributed by atoms with van der Waals surface area (Å²) in [7, 11) is 1.63. The molecule has 2 heterocycles. The lowest BCUT2D eigenvalue weighted by Gasteiger charge is -2.16. The Morgan fingerprint density at radius 1 is 1.21 bits per heavy atom. The molecule has 0 saturated carbocycles. The number of carbonyl (C=O) groups is 1. The van der Waals surface area contributed by atoms with Crippen LogP contribution < -0.4 is 10.1 Å². The summed E-state index contributed by atoms with van der Waals surface area (Å²) in [5, 5.41) is 12.4. The van der Waals surface area contributed by atoms with Gasteiger partial charge in [0.05, 0.1) is 12.7 Å². The van der Waals surface area contributed by atoms with Crippen molar-refractivity contribution in [3.8, 4) is 17.1 Å². The molecule has 28 heavy (non-hydrogen) atoms. The van der Waals surface area contributed by atoms with Gasteiger partial charge in [0.1, 0.15) is 17.6 Å². The van der Waals surface area contributed by atoms with Crippen molar-refractivity contribution in [2.75, 3.05) is 13.7 Å². The van der Waals surface area contributed by atoms with Crippen molar-refractivity contribution in [1.29, 1.82) is 0 Å². The van der Waals surface area contributed by atoms with Gasteiger partial charge in [-0.25, -0.2) is 0 Å². The van der Waals surface area contributed by atoms with Crippen LogP contribution in [0.25, 0.3) is 11.4 Å². The molecule has 144 valence electrons. The first kappa shape index (κ1) is 18.5. The number of ether oxygens (including phenoxy) is 1. The molecule has 6 nitrogen and oxygen atoms in total. The summed E-state index contributed by atoms with van der Waals surface area (Å²) < 4.78 is 7.40. The maximum atomic E-state index is 12.8. The topological polar surface area (TPSA) is 69.0 Å². The number of methoxy groups -OCH3 is 1. The summed E-state index contributed by atoms with van der Waals surface area (Å²) in [6, 6.07) is 15.0. The van der Waals surface area contributed by atoms with Crippen LogP contribution in [-0.4, -0.2) is 34.3 Å². The van der Waals surface area contributed by atoms with E-state index in [2.05, 4.69) is 15.5 Å². The van der Waals surface area contributed by atoms with Crippen LogP contribution in [0, 0.1) is 0 Å². The standard InChI is InChI=1S/C21H21ClN4O2/c1-28-18-5-3-2-4-16(18)20-25-24-19-11-10-17(26(19)20)21(27)23-13-12-14-6-8-15(22)9-7-14/h2-9,17H,10-13H2,1H3,(H,23,27). The largest absolute Gasteiger partial charge is 0.496 e. The van der Waals surface area contributed by atoms with Crippen molar-refractivity contribution in [3.05, 3.63) is 64.9 Å². The van der Waals surface area contributed by atoms with Crippen molar-refractivity contribution >= 4 is 17.5 Å². The quantitative estimate of drug-likeness (QED) is 0.692. The molecule has 0 bridgehead atoms. The first-order valence-corrected chi connectivity index (χ1v) is 9.64. The van der Waals surface area contributed by atoms with Crippen LogP contribution in [0.4, 0.5) is 0 Å². The van der Waals surface area contributed by atoms with Crippen LogP contribution in [-0.2, 0) is 17.6 Å². The Bertz CT molecular complexity index is 984. The molecule has 1 unspecified atom stereocenters. The molecule has 1 amide bonds. The number of fused-ring (bicyclic) bond motifs is 1. The van der Waals surface area contributed by atoms with E-state index in [4.69, 9.17) is 16.3 Å². The normalized spacial score (nSPS) is 15.3. The lowest BCUT2D eigenvalue weighted by molar-refractivity contribution is -0.124. The Labute approximate surface area is 168 Å². The summed E-state index contributed by atoms with van der Waals surface area (Å²) in [6.07, 6.45) is 2.21. The number of halogens is 1. The zero-order chi connectivity index (χ0) is 19.5. The first-order valence-electron chi connectivity index (χ1n) is 9.26. The number of aryl methyl sites for hydroxylation is 1. The second-order valence-corrected chi connectivity index (χ2v) is 7.17. The Hall–Kier alpha value is -2.86. The van der Waals surface area contributed by atoms with E-state index in [0.29, 0.717) is 23.1 Å². The molecule has 1 aliphatic heterocycles. The van der Waals surface area contributed by atoms with Crippen molar-refractivity contribution in [2.24, 2.45) is 0 Å². The summed E-state index contributed by atoms with van der Waals surface area (Å²) in [6.45, 7) is 0.568. The molecule has 1 N–H and O–H groups in total. The fourth-order valence-corrected chi connectivity index (χ4v) is 3.70. The van der Waals surface area contributed by atoms with E-state index < -0.39 is 0 Å². The molecule has 0 saturated heterocycles. The highest BCUT2D eigenvalue weighted by Gasteiger charge is 2.33. The zero-order valence-electron chi connectivity index (χ0n) is 15.6. The molecule has 1 aromatic heterocycles. The number of amides is 1. The molecule has 0 aliphatic carbocycles. The number of para-hydroxylation sites is 1. The Balaban J connectivity index is 1.49. The highest BCUT2D eigenvalue weighted by Crippen LogP contribution is 2.35. The van der Waals surface area contributed by atoms with Gasteiger partial charge in [0.2, 0.25) is 5.91 Å². The van der Waals surface area contributed by atoms with Crippen molar-refractivity contribution in [2.45, 2.75) is 25.3 Å². The van der Waals surface area contributed by atoms with E-state index in [9.17, 15) is 4.79 Å². The van der Waals surface area contributed by atoms with E-state index in [1.165, 1.54) is 0 Å². The van der Waals surface area contributed by atoms with E-state index in [-0.39, 0.29) is 11.9 Å². The summed E-state index contributed by atoms with van der Waals surface area (Å²) in [5.74, 6) is 2.21. The molecule has 1 aliphatic rings. The Kier molecular flexibility index (Phi) is 5.30. The third-order valence-electron chi connectivity index (χ3n) is 5.00. The van der Waals surface area contributed by atoms with Crippen molar-refractivity contribution < 1.29 is 9.53 Å². The number of carbonyl (C=O) groups excluding carboxylic acids is 1. The smallest absolute Gasteiger partial charge is 0.243 e. The third-order valence-corrected chi connectivity index (χ3v) is 5.25. The molecule has 7 heteroatoms. The van der Waals surface area contributed by atoms with Crippen molar-refractivity contribution in [3.63, 3.8) is 0 Å². The van der Waals surface area contributed by atoms with E-state index >= 15 is 0 Å². The maximum Gasteiger partial charge on any atom is 0.243 e. The minimum Gasteiger partial charge on any atom is -0.496 e. The predicted octanol–water partition coefficient (Wildman–Crippen LogP) is 3.45. The number of hydrogen-bond donors (Lipinski definition) is 1. The second kappa shape index (κ2) is 8.02. The SMILES string of the molecule is COc1ccccc1-c1nnc2n1C(C(=O)NCCc1ccc(Cl)cc1)CC2. The number of aromatic nitrogens is 3. The zero-order valence-corrected chi connectivity index (χ0v) is 16.3. The van der Waals surface area contributed by atoms with Crippen LogP contribution in [0.5, 0.6) is 5.75 Å². The van der Waals surface area contributed by atoms with Crippen molar-refractivity contribution in [1.82, 2.24) is 20.1 Å². The third kappa shape index (κ3) is 3.60. The number of rotatable bonds is 6. The van der Waals surface area contributed by atoms with E-state index in [1.54, 1.807) is 7.11 Å². The molecular weight excluding hydrogens is 376 g/mol. The average Bonchev–Trinajstić information content (AvgIpc) is 3.31. The van der Waals surface area contributed by atoms with Crippen LogP contribution in [0.3, 0.4) is 0 Å². The Morgan fingerprint density at radius 3 is 2.79 bits per heavy atom. The highest BCUT2D eigenvalue weighted by molar-refractivity contribution is 6.30. The van der Waals surface area contributed by atoms with Gasteiger partial charge in [-0.15, -0.1) is 10.2 Å². The van der Waals surface area contributed by atoms with Crippen LogP contribution in [0.1, 0.15) is 23.9 Å². The first-order chi connectivity index (χ1) is 13.7. The molecule has 0 spiro atoms. The predicted molar refractivity (Wildman–Crippen MR) is 108 cm³/mol. The second-order valence-electron chi connectivity index (χ2n) is 6.73. The van der Waals surface area contributed by atoms with E-state index in [0.717, 1.165) is 36.2 Å². The van der Waals surface area contributed by atoms with Gasteiger partial charge in [0.25, 0.3) is 0 Å². The molecule has 0 radical (unpaired) electrons. The lowest BCUT2D eigenvalue weighted by Crippen LogP contribution is -2.32. The summed E-state index contributed by atoms with van der Waals surface area (Å²) in [4.78, 5) is 12.8. The number of nitrogens with one attached hydrogen (secondary N) is 1. The maximum absolute atomic E-state index is 12.8. The lowest BCUT2D eigenvalue weighted by atomic mass is 10.1. The molecule has 2 aromatic carbocycles. The van der Waals surface area contributed by atoms with E-state index in [1.807, 2.05) is 53.1 Å². The van der Waals surface area contributed by atoms with Gasteiger partial charge in [0, 0.05) is 18.0 Å². The molecule has 1 atom stereocenters. The van der Waals surface area contributed by atoms with Gasteiger partial charge >= 0.3 is 0 Å².